The summed E-state index contributed by atoms with van der Waals surface area (Å²) in [7, 11) is 0. The second-order valence-electron chi connectivity index (χ2n) is 5.31. The van der Waals surface area contributed by atoms with Gasteiger partial charge in [-0.1, -0.05) is 5.10 Å². The first-order valence-electron chi connectivity index (χ1n) is 5.95. The van der Waals surface area contributed by atoms with Crippen molar-refractivity contribution in [2.24, 2.45) is 0 Å². The normalized spacial score (nSPS) is 20.2. The van der Waals surface area contributed by atoms with Crippen molar-refractivity contribution in [3.8, 4) is 0 Å². The lowest BCUT2D eigenvalue weighted by atomic mass is 10.2. The van der Waals surface area contributed by atoms with Crippen LogP contribution >= 0.6 is 0 Å². The van der Waals surface area contributed by atoms with Crippen LogP contribution in [-0.4, -0.2) is 33.3 Å². The van der Waals surface area contributed by atoms with Gasteiger partial charge in [-0.05, 0) is 33.6 Å². The summed E-state index contributed by atoms with van der Waals surface area (Å²) >= 11 is 0. The van der Waals surface area contributed by atoms with Gasteiger partial charge in [0.15, 0.2) is 0 Å². The molecular formula is C11H18N4O3. The van der Waals surface area contributed by atoms with Crippen molar-refractivity contribution in [1.82, 2.24) is 15.1 Å². The second-order valence-corrected chi connectivity index (χ2v) is 5.31. The minimum atomic E-state index is -0.516. The largest absolute Gasteiger partial charge is 0.444 e. The molecule has 1 aromatic rings. The summed E-state index contributed by atoms with van der Waals surface area (Å²) in [4.78, 5) is 13.6. The number of rotatable bonds is 1. The van der Waals surface area contributed by atoms with Gasteiger partial charge >= 0.3 is 12.1 Å². The fraction of sp³-hybridized carbons (Fsp3) is 0.727. The number of nitrogens with two attached hydrogens (primary N) is 1. The summed E-state index contributed by atoms with van der Waals surface area (Å²) in [5.41, 5.74) is 4.88. The van der Waals surface area contributed by atoms with E-state index in [-0.39, 0.29) is 18.1 Å². The van der Waals surface area contributed by atoms with E-state index in [1.54, 1.807) is 4.90 Å². The summed E-state index contributed by atoms with van der Waals surface area (Å²) in [6.45, 7) is 6.13. The van der Waals surface area contributed by atoms with E-state index in [4.69, 9.17) is 14.9 Å². The molecule has 2 rings (SSSR count). The number of amides is 1. The first-order chi connectivity index (χ1) is 8.37. The quantitative estimate of drug-likeness (QED) is 0.820. The Balaban J connectivity index is 2.10. The number of anilines is 1. The van der Waals surface area contributed by atoms with Crippen molar-refractivity contribution in [2.45, 2.75) is 45.3 Å². The molecular weight excluding hydrogens is 236 g/mol. The molecule has 1 atom stereocenters. The Kier molecular flexibility index (Phi) is 3.14. The van der Waals surface area contributed by atoms with Crippen LogP contribution in [0.4, 0.5) is 10.8 Å². The van der Waals surface area contributed by atoms with Crippen LogP contribution in [0.3, 0.4) is 0 Å². The number of nitrogens with zero attached hydrogens (tertiary/aromatic N) is 3. The zero-order valence-corrected chi connectivity index (χ0v) is 10.8. The molecule has 0 aromatic carbocycles. The number of carbonyl (C=O) groups excluding carboxylic acids is 1. The van der Waals surface area contributed by atoms with E-state index >= 15 is 0 Å². The second kappa shape index (κ2) is 4.47. The number of hydrogen-bond acceptors (Lipinski definition) is 6. The fourth-order valence-electron chi connectivity index (χ4n) is 1.94. The molecule has 0 aliphatic carbocycles. The van der Waals surface area contributed by atoms with Gasteiger partial charge in [-0.15, -0.1) is 5.10 Å². The molecule has 1 fully saturated rings. The molecule has 0 spiro atoms. The Hall–Kier alpha value is -1.79. The summed E-state index contributed by atoms with van der Waals surface area (Å²) in [6, 6.07) is -0.217. The molecule has 1 saturated heterocycles. The Bertz CT molecular complexity index is 438. The number of likely N-dealkylation sites (tertiary alicyclic amines) is 1. The maximum Gasteiger partial charge on any atom is 0.410 e. The van der Waals surface area contributed by atoms with Gasteiger partial charge in [0.1, 0.15) is 11.6 Å². The van der Waals surface area contributed by atoms with Gasteiger partial charge in [0.25, 0.3) is 0 Å². The first kappa shape index (κ1) is 12.7. The lowest BCUT2D eigenvalue weighted by Gasteiger charge is -2.27. The number of nitrogen functional groups attached to an aromatic ring is 1. The van der Waals surface area contributed by atoms with Crippen molar-refractivity contribution >= 4 is 12.1 Å². The standard InChI is InChI=1S/C11H18N4O3/c1-11(2,3)18-10(16)15-6-4-5-7(15)8-13-14-9(12)17-8/h7H,4-6H2,1-3H3,(H2,12,14)/t7-/m1/s1. The average molecular weight is 254 g/mol. The smallest absolute Gasteiger partial charge is 0.410 e. The van der Waals surface area contributed by atoms with Gasteiger partial charge in [0, 0.05) is 6.54 Å². The Labute approximate surface area is 105 Å². The van der Waals surface area contributed by atoms with Gasteiger partial charge in [-0.3, -0.25) is 4.90 Å². The third-order valence-electron chi connectivity index (χ3n) is 2.62. The van der Waals surface area contributed by atoms with E-state index in [0.717, 1.165) is 12.8 Å². The van der Waals surface area contributed by atoms with Gasteiger partial charge in [0.2, 0.25) is 5.89 Å². The topological polar surface area (TPSA) is 94.5 Å². The van der Waals surface area contributed by atoms with E-state index < -0.39 is 5.60 Å². The molecule has 7 nitrogen and oxygen atoms in total. The van der Waals surface area contributed by atoms with Crippen molar-refractivity contribution < 1.29 is 13.9 Å². The maximum atomic E-state index is 12.0. The highest BCUT2D eigenvalue weighted by atomic mass is 16.6. The van der Waals surface area contributed by atoms with E-state index in [1.807, 2.05) is 20.8 Å². The molecule has 100 valence electrons. The summed E-state index contributed by atoms with van der Waals surface area (Å²) in [6.07, 6.45) is 1.30. The summed E-state index contributed by atoms with van der Waals surface area (Å²) in [5.74, 6) is 0.371. The van der Waals surface area contributed by atoms with Crippen LogP contribution in [0.2, 0.25) is 0 Å². The number of hydrogen-bond donors (Lipinski definition) is 1. The Morgan fingerprint density at radius 1 is 1.50 bits per heavy atom. The predicted octanol–water partition coefficient (Wildman–Crippen LogP) is 1.72. The number of carbonyl (C=O) groups is 1. The molecule has 1 aromatic heterocycles. The third kappa shape index (κ3) is 2.72. The first-order valence-corrected chi connectivity index (χ1v) is 5.95. The van der Waals surface area contributed by atoms with Gasteiger partial charge in [0.05, 0.1) is 0 Å². The number of ether oxygens (including phenoxy) is 1. The molecule has 0 radical (unpaired) electrons. The van der Waals surface area contributed by atoms with Crippen molar-refractivity contribution in [3.63, 3.8) is 0 Å². The van der Waals surface area contributed by atoms with Crippen molar-refractivity contribution in [2.75, 3.05) is 12.3 Å². The van der Waals surface area contributed by atoms with Crippen molar-refractivity contribution in [3.05, 3.63) is 5.89 Å². The highest BCUT2D eigenvalue weighted by Crippen LogP contribution is 2.32. The molecule has 0 bridgehead atoms. The van der Waals surface area contributed by atoms with Gasteiger partial charge in [-0.2, -0.15) is 0 Å². The molecule has 0 unspecified atom stereocenters. The Morgan fingerprint density at radius 2 is 2.22 bits per heavy atom. The molecule has 7 heteroatoms. The SMILES string of the molecule is CC(C)(C)OC(=O)N1CCC[C@@H]1c1nnc(N)o1. The highest BCUT2D eigenvalue weighted by molar-refractivity contribution is 5.69. The van der Waals surface area contributed by atoms with E-state index in [0.29, 0.717) is 12.4 Å². The van der Waals surface area contributed by atoms with Crippen LogP contribution in [0.5, 0.6) is 0 Å². The summed E-state index contributed by atoms with van der Waals surface area (Å²) in [5, 5.41) is 7.45. The van der Waals surface area contributed by atoms with Crippen LogP contribution in [0.25, 0.3) is 0 Å². The monoisotopic (exact) mass is 254 g/mol. The fourth-order valence-corrected chi connectivity index (χ4v) is 1.94. The van der Waals surface area contributed by atoms with Crippen LogP contribution in [0.15, 0.2) is 4.42 Å². The zero-order valence-electron chi connectivity index (χ0n) is 10.8. The number of aromatic nitrogens is 2. The summed E-state index contributed by atoms with van der Waals surface area (Å²) < 4.78 is 10.5. The average Bonchev–Trinajstić information content (AvgIpc) is 2.81. The van der Waals surface area contributed by atoms with E-state index in [1.165, 1.54) is 0 Å². The minimum absolute atomic E-state index is 0.0149. The molecule has 18 heavy (non-hydrogen) atoms. The molecule has 0 saturated carbocycles. The lowest BCUT2D eigenvalue weighted by molar-refractivity contribution is 0.0204. The Morgan fingerprint density at radius 3 is 2.78 bits per heavy atom. The van der Waals surface area contributed by atoms with E-state index in [9.17, 15) is 4.79 Å². The molecule has 1 aliphatic rings. The molecule has 2 N–H and O–H groups in total. The van der Waals surface area contributed by atoms with Crippen LogP contribution in [0.1, 0.15) is 45.5 Å². The van der Waals surface area contributed by atoms with Crippen molar-refractivity contribution in [1.29, 1.82) is 0 Å². The van der Waals surface area contributed by atoms with Crippen LogP contribution in [-0.2, 0) is 4.74 Å². The van der Waals surface area contributed by atoms with Gasteiger partial charge < -0.3 is 14.9 Å². The molecule has 1 aliphatic heterocycles. The van der Waals surface area contributed by atoms with Crippen LogP contribution in [0, 0.1) is 0 Å². The third-order valence-corrected chi connectivity index (χ3v) is 2.62. The van der Waals surface area contributed by atoms with Gasteiger partial charge in [-0.25, -0.2) is 4.79 Å². The lowest BCUT2D eigenvalue weighted by Crippen LogP contribution is -2.36. The molecule has 1 amide bonds. The highest BCUT2D eigenvalue weighted by Gasteiger charge is 2.36. The van der Waals surface area contributed by atoms with Crippen LogP contribution < -0.4 is 5.73 Å². The molecule has 2 heterocycles. The zero-order chi connectivity index (χ0) is 13.3. The minimum Gasteiger partial charge on any atom is -0.444 e. The predicted molar refractivity (Wildman–Crippen MR) is 63.6 cm³/mol. The van der Waals surface area contributed by atoms with E-state index in [2.05, 4.69) is 10.2 Å². The maximum absolute atomic E-state index is 12.0.